The molecule has 2 atom stereocenters. The first-order valence-electron chi connectivity index (χ1n) is 7.41. The fourth-order valence-corrected chi connectivity index (χ4v) is 3.18. The largest absolute Gasteiger partial charge is 0.461 e. The van der Waals surface area contributed by atoms with E-state index in [4.69, 9.17) is 14.4 Å². The molecule has 122 valence electrons. The lowest BCUT2D eigenvalue weighted by Gasteiger charge is -2.32. The third-order valence-corrected chi connectivity index (χ3v) is 5.73. The molecule has 7 nitrogen and oxygen atoms in total. The molecule has 2 N–H and O–H groups in total. The van der Waals surface area contributed by atoms with Crippen LogP contribution < -0.4 is 5.14 Å². The first kappa shape index (κ1) is 16.0. The Kier molecular flexibility index (Phi) is 3.49. The molecule has 2 fully saturated rings. The molecular formula is C13H22BN3O4S. The van der Waals surface area contributed by atoms with Crippen LogP contribution in [0.2, 0.25) is 5.82 Å². The first-order valence-corrected chi connectivity index (χ1v) is 8.96. The normalized spacial score (nSPS) is 29.8. The minimum Gasteiger partial charge on any atom is -0.403 e. The number of rotatable bonds is 4. The number of nitrogens with zero attached hydrogens (tertiary/aromatic N) is 2. The highest BCUT2D eigenvalue weighted by Gasteiger charge is 2.59. The Morgan fingerprint density at radius 3 is 2.45 bits per heavy atom. The summed E-state index contributed by atoms with van der Waals surface area (Å²) in [6.45, 7) is 8.79. The minimum absolute atomic E-state index is 0.0969. The highest BCUT2D eigenvalue weighted by atomic mass is 32.2. The van der Waals surface area contributed by atoms with Gasteiger partial charge in [-0.15, -0.1) is 0 Å². The molecular weight excluding hydrogens is 305 g/mol. The zero-order valence-electron chi connectivity index (χ0n) is 13.3. The SMILES string of the molecule is CC1(C)OB(C2CC2Cn2ccc(S(N)(=O)=O)n2)OC1(C)C. The van der Waals surface area contributed by atoms with E-state index in [1.54, 1.807) is 10.9 Å². The van der Waals surface area contributed by atoms with Crippen molar-refractivity contribution in [2.45, 2.75) is 62.7 Å². The summed E-state index contributed by atoms with van der Waals surface area (Å²) in [6, 6.07) is 1.42. The molecule has 0 amide bonds. The molecule has 1 saturated heterocycles. The summed E-state index contributed by atoms with van der Waals surface area (Å²) in [7, 11) is -3.94. The van der Waals surface area contributed by atoms with Gasteiger partial charge < -0.3 is 9.31 Å². The Bertz CT molecular complexity index is 669. The maximum Gasteiger partial charge on any atom is 0.461 e. The van der Waals surface area contributed by atoms with Crippen molar-refractivity contribution in [3.8, 4) is 0 Å². The van der Waals surface area contributed by atoms with E-state index >= 15 is 0 Å². The van der Waals surface area contributed by atoms with Crippen LogP contribution >= 0.6 is 0 Å². The number of primary sulfonamides is 1. The van der Waals surface area contributed by atoms with Crippen LogP contribution in [0.1, 0.15) is 34.1 Å². The van der Waals surface area contributed by atoms with E-state index in [2.05, 4.69) is 5.10 Å². The summed E-state index contributed by atoms with van der Waals surface area (Å²) >= 11 is 0. The van der Waals surface area contributed by atoms with Crippen molar-refractivity contribution in [3.63, 3.8) is 0 Å². The van der Waals surface area contributed by atoms with Gasteiger partial charge in [-0.1, -0.05) is 0 Å². The van der Waals surface area contributed by atoms with Gasteiger partial charge in [-0.25, -0.2) is 13.6 Å². The maximum absolute atomic E-state index is 11.2. The Morgan fingerprint density at radius 2 is 1.95 bits per heavy atom. The molecule has 2 unspecified atom stereocenters. The molecule has 3 rings (SSSR count). The second kappa shape index (κ2) is 4.80. The van der Waals surface area contributed by atoms with Crippen LogP contribution in [-0.4, -0.2) is 36.5 Å². The van der Waals surface area contributed by atoms with Crippen molar-refractivity contribution in [2.24, 2.45) is 11.1 Å². The molecule has 1 saturated carbocycles. The van der Waals surface area contributed by atoms with Gasteiger partial charge in [0.1, 0.15) is 0 Å². The average molecular weight is 327 g/mol. The number of nitrogens with two attached hydrogens (primary N) is 1. The second-order valence-electron chi connectivity index (χ2n) is 7.21. The van der Waals surface area contributed by atoms with Crippen LogP contribution in [0, 0.1) is 5.92 Å². The Labute approximate surface area is 131 Å². The number of hydrogen-bond acceptors (Lipinski definition) is 5. The molecule has 0 radical (unpaired) electrons. The predicted octanol–water partition coefficient (Wildman–Crippen LogP) is 1.01. The van der Waals surface area contributed by atoms with Gasteiger partial charge in [0.25, 0.3) is 10.0 Å². The fraction of sp³-hybridized carbons (Fsp3) is 0.769. The van der Waals surface area contributed by atoms with E-state index < -0.39 is 10.0 Å². The van der Waals surface area contributed by atoms with Crippen molar-refractivity contribution in [3.05, 3.63) is 12.3 Å². The Morgan fingerprint density at radius 1 is 1.36 bits per heavy atom. The predicted molar refractivity (Wildman–Crippen MR) is 81.5 cm³/mol. The molecule has 0 spiro atoms. The summed E-state index contributed by atoms with van der Waals surface area (Å²) in [6.07, 6.45) is 2.63. The maximum atomic E-state index is 11.2. The molecule has 2 aliphatic rings. The summed E-state index contributed by atoms with van der Waals surface area (Å²) in [5, 5.41) is 8.96. The highest BCUT2D eigenvalue weighted by molar-refractivity contribution is 7.89. The topological polar surface area (TPSA) is 96.4 Å². The van der Waals surface area contributed by atoms with E-state index in [-0.39, 0.29) is 23.3 Å². The zero-order chi connectivity index (χ0) is 16.3. The van der Waals surface area contributed by atoms with E-state index in [1.165, 1.54) is 6.07 Å². The minimum atomic E-state index is -3.74. The molecule has 2 heterocycles. The van der Waals surface area contributed by atoms with Crippen molar-refractivity contribution in [1.82, 2.24) is 9.78 Å². The monoisotopic (exact) mass is 327 g/mol. The lowest BCUT2D eigenvalue weighted by molar-refractivity contribution is 0.00578. The highest BCUT2D eigenvalue weighted by Crippen LogP contribution is 2.53. The van der Waals surface area contributed by atoms with E-state index in [9.17, 15) is 8.42 Å². The van der Waals surface area contributed by atoms with Crippen molar-refractivity contribution >= 4 is 17.1 Å². The van der Waals surface area contributed by atoms with Crippen LogP contribution in [0.5, 0.6) is 0 Å². The standard InChI is InChI=1S/C13H22BN3O4S/c1-12(2)13(3,4)21-14(20-12)10-7-9(10)8-17-6-5-11(16-17)22(15,18)19/h5-6,9-10H,7-8H2,1-4H3,(H2,15,18,19). The molecule has 1 aromatic rings. The van der Waals surface area contributed by atoms with Gasteiger partial charge in [0.2, 0.25) is 0 Å². The van der Waals surface area contributed by atoms with Gasteiger partial charge in [0.05, 0.1) is 11.2 Å². The summed E-state index contributed by atoms with van der Waals surface area (Å²) in [5.74, 6) is 0.700. The second-order valence-corrected chi connectivity index (χ2v) is 8.71. The number of hydrogen-bond donors (Lipinski definition) is 1. The quantitative estimate of drug-likeness (QED) is 0.833. The lowest BCUT2D eigenvalue weighted by Crippen LogP contribution is -2.41. The van der Waals surface area contributed by atoms with Gasteiger partial charge in [-0.05, 0) is 51.9 Å². The first-order chi connectivity index (χ1) is 9.99. The van der Waals surface area contributed by atoms with Crippen LogP contribution in [0.25, 0.3) is 0 Å². The van der Waals surface area contributed by atoms with Crippen molar-refractivity contribution in [1.29, 1.82) is 0 Å². The molecule has 0 aromatic carbocycles. The van der Waals surface area contributed by atoms with Crippen molar-refractivity contribution in [2.75, 3.05) is 0 Å². The van der Waals surface area contributed by atoms with Gasteiger partial charge in [0.15, 0.2) is 5.03 Å². The Balaban J connectivity index is 1.61. The fourth-order valence-electron chi connectivity index (χ4n) is 2.71. The third-order valence-electron chi connectivity index (χ3n) is 4.93. The zero-order valence-corrected chi connectivity index (χ0v) is 14.1. The smallest absolute Gasteiger partial charge is 0.403 e. The van der Waals surface area contributed by atoms with E-state index in [0.717, 1.165) is 6.42 Å². The van der Waals surface area contributed by atoms with Gasteiger partial charge in [-0.2, -0.15) is 5.10 Å². The third kappa shape index (κ3) is 2.82. The van der Waals surface area contributed by atoms with Gasteiger partial charge >= 0.3 is 7.12 Å². The molecule has 1 aliphatic carbocycles. The molecule has 9 heteroatoms. The average Bonchev–Trinajstić information content (AvgIpc) is 2.84. The number of sulfonamides is 1. The van der Waals surface area contributed by atoms with E-state index in [1.807, 2.05) is 27.7 Å². The lowest BCUT2D eigenvalue weighted by atomic mass is 9.80. The van der Waals surface area contributed by atoms with Gasteiger partial charge in [-0.3, -0.25) is 4.68 Å². The summed E-state index contributed by atoms with van der Waals surface area (Å²) in [4.78, 5) is 0. The number of aromatic nitrogens is 2. The van der Waals surface area contributed by atoms with Gasteiger partial charge in [0, 0.05) is 12.7 Å². The Hall–Kier alpha value is -0.895. The van der Waals surface area contributed by atoms with Crippen molar-refractivity contribution < 1.29 is 17.7 Å². The van der Waals surface area contributed by atoms with Crippen LogP contribution in [0.4, 0.5) is 0 Å². The molecule has 22 heavy (non-hydrogen) atoms. The summed E-state index contributed by atoms with van der Waals surface area (Å²) < 4.78 is 36.2. The summed E-state index contributed by atoms with van der Waals surface area (Å²) in [5.41, 5.74) is -0.644. The van der Waals surface area contributed by atoms with Crippen LogP contribution in [-0.2, 0) is 25.9 Å². The van der Waals surface area contributed by atoms with Crippen LogP contribution in [0.15, 0.2) is 17.3 Å². The molecule has 1 aliphatic heterocycles. The molecule has 0 bridgehead atoms. The van der Waals surface area contributed by atoms with Crippen LogP contribution in [0.3, 0.4) is 0 Å². The van der Waals surface area contributed by atoms with E-state index in [0.29, 0.717) is 18.3 Å². The molecule has 1 aromatic heterocycles.